The molecule has 0 aliphatic carbocycles. The summed E-state index contributed by atoms with van der Waals surface area (Å²) in [5.41, 5.74) is 0. The number of benzene rings is 1. The van der Waals surface area contributed by atoms with Gasteiger partial charge in [0.1, 0.15) is 4.88 Å². The van der Waals surface area contributed by atoms with Crippen LogP contribution < -0.4 is 10.1 Å². The minimum absolute atomic E-state index is 0.0363. The predicted octanol–water partition coefficient (Wildman–Crippen LogP) is 3.37. The number of ether oxygens (including phenoxy) is 1. The second-order valence-electron chi connectivity index (χ2n) is 3.88. The van der Waals surface area contributed by atoms with Crippen molar-refractivity contribution in [3.63, 3.8) is 0 Å². The largest absolute Gasteiger partial charge is 0.481 e. The SMILES string of the molecule is O=C(COc1ccc(Br)cc1F)Nc1ccc(C(=O)O)s1. The average Bonchev–Trinajstić information content (AvgIpc) is 2.86. The molecule has 0 bridgehead atoms. The van der Waals surface area contributed by atoms with Gasteiger partial charge < -0.3 is 15.2 Å². The molecule has 1 aromatic carbocycles. The number of nitrogens with one attached hydrogen (secondary N) is 1. The Kier molecular flexibility index (Phi) is 4.92. The van der Waals surface area contributed by atoms with E-state index < -0.39 is 17.7 Å². The number of aromatic carboxylic acids is 1. The molecule has 0 aliphatic rings. The summed E-state index contributed by atoms with van der Waals surface area (Å²) in [7, 11) is 0. The van der Waals surface area contributed by atoms with Gasteiger partial charge in [-0.25, -0.2) is 9.18 Å². The highest BCUT2D eigenvalue weighted by molar-refractivity contribution is 9.10. The van der Waals surface area contributed by atoms with Gasteiger partial charge in [-0.2, -0.15) is 0 Å². The summed E-state index contributed by atoms with van der Waals surface area (Å²) < 4.78 is 19.1. The molecule has 1 aromatic heterocycles. The first kappa shape index (κ1) is 15.5. The molecule has 0 aliphatic heterocycles. The summed E-state index contributed by atoms with van der Waals surface area (Å²) in [6.45, 7) is -0.376. The van der Waals surface area contributed by atoms with Crippen LogP contribution in [-0.2, 0) is 4.79 Å². The van der Waals surface area contributed by atoms with Gasteiger partial charge in [0.05, 0.1) is 5.00 Å². The standard InChI is InChI=1S/C13H9BrFNO4S/c14-7-1-2-9(8(15)5-7)20-6-11(17)16-12-4-3-10(21-12)13(18)19/h1-5H,6H2,(H,16,17)(H,18,19). The van der Waals surface area contributed by atoms with E-state index in [1.54, 1.807) is 6.07 Å². The fourth-order valence-corrected chi connectivity index (χ4v) is 2.52. The van der Waals surface area contributed by atoms with Gasteiger partial charge in [0.15, 0.2) is 18.2 Å². The van der Waals surface area contributed by atoms with E-state index in [-0.39, 0.29) is 17.2 Å². The zero-order valence-corrected chi connectivity index (χ0v) is 12.8. The maximum atomic E-state index is 13.5. The fraction of sp³-hybridized carbons (Fsp3) is 0.0769. The molecule has 21 heavy (non-hydrogen) atoms. The van der Waals surface area contributed by atoms with Crippen LogP contribution in [0.1, 0.15) is 9.67 Å². The van der Waals surface area contributed by atoms with E-state index in [0.717, 1.165) is 11.3 Å². The third-order valence-corrected chi connectivity index (χ3v) is 3.81. The smallest absolute Gasteiger partial charge is 0.345 e. The van der Waals surface area contributed by atoms with Crippen LogP contribution in [0, 0.1) is 5.82 Å². The number of amides is 1. The van der Waals surface area contributed by atoms with Crippen molar-refractivity contribution in [1.82, 2.24) is 0 Å². The van der Waals surface area contributed by atoms with Crippen molar-refractivity contribution < 1.29 is 23.8 Å². The first-order valence-electron chi connectivity index (χ1n) is 5.66. The number of rotatable bonds is 5. The summed E-state index contributed by atoms with van der Waals surface area (Å²) in [6.07, 6.45) is 0. The van der Waals surface area contributed by atoms with Crippen molar-refractivity contribution in [2.45, 2.75) is 0 Å². The number of hydrogen-bond acceptors (Lipinski definition) is 4. The number of carboxylic acid groups (broad SMARTS) is 1. The lowest BCUT2D eigenvalue weighted by molar-refractivity contribution is -0.118. The van der Waals surface area contributed by atoms with Crippen LogP contribution in [-0.4, -0.2) is 23.6 Å². The average molecular weight is 374 g/mol. The van der Waals surface area contributed by atoms with Crippen LogP contribution >= 0.6 is 27.3 Å². The van der Waals surface area contributed by atoms with Crippen LogP contribution in [0.2, 0.25) is 0 Å². The van der Waals surface area contributed by atoms with Crippen LogP contribution in [0.3, 0.4) is 0 Å². The van der Waals surface area contributed by atoms with Gasteiger partial charge in [-0.3, -0.25) is 4.79 Å². The minimum atomic E-state index is -1.06. The Morgan fingerprint density at radius 1 is 1.33 bits per heavy atom. The number of carboxylic acids is 1. The highest BCUT2D eigenvalue weighted by atomic mass is 79.9. The van der Waals surface area contributed by atoms with E-state index in [4.69, 9.17) is 9.84 Å². The van der Waals surface area contributed by atoms with E-state index in [0.29, 0.717) is 9.47 Å². The molecule has 2 aromatic rings. The molecule has 2 N–H and O–H groups in total. The highest BCUT2D eigenvalue weighted by Gasteiger charge is 2.11. The number of carbonyl (C=O) groups is 2. The topological polar surface area (TPSA) is 75.6 Å². The molecule has 8 heteroatoms. The lowest BCUT2D eigenvalue weighted by atomic mass is 10.3. The molecule has 0 fully saturated rings. The summed E-state index contributed by atoms with van der Waals surface area (Å²) in [5, 5.41) is 11.6. The van der Waals surface area contributed by atoms with Crippen molar-refractivity contribution >= 4 is 44.1 Å². The number of thiophene rings is 1. The molecule has 0 unspecified atom stereocenters. The summed E-state index contributed by atoms with van der Waals surface area (Å²) in [6, 6.07) is 7.09. The lowest BCUT2D eigenvalue weighted by Crippen LogP contribution is -2.19. The van der Waals surface area contributed by atoms with E-state index in [2.05, 4.69) is 21.2 Å². The molecule has 0 atom stereocenters. The fourth-order valence-electron chi connectivity index (χ4n) is 1.43. The Labute approximate surface area is 131 Å². The monoisotopic (exact) mass is 373 g/mol. The Balaban J connectivity index is 1.91. The molecule has 1 heterocycles. The molecule has 0 radical (unpaired) electrons. The highest BCUT2D eigenvalue weighted by Crippen LogP contribution is 2.23. The molecule has 110 valence electrons. The van der Waals surface area contributed by atoms with Crippen LogP contribution in [0.5, 0.6) is 5.75 Å². The molecule has 0 saturated carbocycles. The zero-order valence-electron chi connectivity index (χ0n) is 10.4. The number of halogens is 2. The number of anilines is 1. The van der Waals surface area contributed by atoms with Gasteiger partial charge in [0.25, 0.3) is 5.91 Å². The van der Waals surface area contributed by atoms with E-state index in [1.165, 1.54) is 24.3 Å². The Morgan fingerprint density at radius 2 is 2.10 bits per heavy atom. The van der Waals surface area contributed by atoms with Gasteiger partial charge >= 0.3 is 5.97 Å². The van der Waals surface area contributed by atoms with Gasteiger partial charge in [0, 0.05) is 4.47 Å². The van der Waals surface area contributed by atoms with E-state index in [9.17, 15) is 14.0 Å². The van der Waals surface area contributed by atoms with Crippen molar-refractivity contribution in [2.24, 2.45) is 0 Å². The van der Waals surface area contributed by atoms with Crippen LogP contribution in [0.15, 0.2) is 34.8 Å². The first-order chi connectivity index (χ1) is 9.95. The molecular formula is C13H9BrFNO4S. The molecule has 0 saturated heterocycles. The van der Waals surface area contributed by atoms with Crippen LogP contribution in [0.25, 0.3) is 0 Å². The summed E-state index contributed by atoms with van der Waals surface area (Å²) >= 11 is 4.04. The second-order valence-corrected chi connectivity index (χ2v) is 5.88. The van der Waals surface area contributed by atoms with Crippen molar-refractivity contribution in [3.05, 3.63) is 45.5 Å². The van der Waals surface area contributed by atoms with E-state index in [1.807, 2.05) is 0 Å². The molecule has 1 amide bonds. The molecule has 2 rings (SSSR count). The first-order valence-corrected chi connectivity index (χ1v) is 7.27. The third-order valence-electron chi connectivity index (χ3n) is 2.33. The number of carbonyl (C=O) groups excluding carboxylic acids is 1. The maximum absolute atomic E-state index is 13.5. The predicted molar refractivity (Wildman–Crippen MR) is 79.5 cm³/mol. The molecular weight excluding hydrogens is 365 g/mol. The molecule has 0 spiro atoms. The lowest BCUT2D eigenvalue weighted by Gasteiger charge is -2.07. The Bertz CT molecular complexity index is 689. The second kappa shape index (κ2) is 6.68. The van der Waals surface area contributed by atoms with Gasteiger partial charge in [0.2, 0.25) is 0 Å². The zero-order chi connectivity index (χ0) is 15.4. The summed E-state index contributed by atoms with van der Waals surface area (Å²) in [4.78, 5) is 22.5. The normalized spacial score (nSPS) is 10.2. The Morgan fingerprint density at radius 3 is 2.71 bits per heavy atom. The quantitative estimate of drug-likeness (QED) is 0.842. The van der Waals surface area contributed by atoms with Gasteiger partial charge in [-0.1, -0.05) is 15.9 Å². The number of hydrogen-bond donors (Lipinski definition) is 2. The Hall–Kier alpha value is -1.93. The third kappa shape index (κ3) is 4.27. The van der Waals surface area contributed by atoms with Crippen molar-refractivity contribution in [1.29, 1.82) is 0 Å². The van der Waals surface area contributed by atoms with E-state index >= 15 is 0 Å². The van der Waals surface area contributed by atoms with Gasteiger partial charge in [-0.05, 0) is 30.3 Å². The van der Waals surface area contributed by atoms with Crippen LogP contribution in [0.4, 0.5) is 9.39 Å². The summed E-state index contributed by atoms with van der Waals surface area (Å²) in [5.74, 6) is -2.18. The van der Waals surface area contributed by atoms with Crippen molar-refractivity contribution in [3.8, 4) is 5.75 Å². The van der Waals surface area contributed by atoms with Gasteiger partial charge in [-0.15, -0.1) is 11.3 Å². The minimum Gasteiger partial charge on any atom is -0.481 e. The van der Waals surface area contributed by atoms with Crippen molar-refractivity contribution in [2.75, 3.05) is 11.9 Å². The maximum Gasteiger partial charge on any atom is 0.345 e. The molecule has 5 nitrogen and oxygen atoms in total.